The Morgan fingerprint density at radius 1 is 1.20 bits per heavy atom. The molecular formula is C9H13N. The summed E-state index contributed by atoms with van der Waals surface area (Å²) >= 11 is 0. The molecule has 0 atom stereocenters. The Balaban J connectivity index is 2.83. The number of aryl methyl sites for hydroxylation is 1. The molecule has 10 heavy (non-hydrogen) atoms. The van der Waals surface area contributed by atoms with Gasteiger partial charge in [-0.05, 0) is 19.0 Å². The van der Waals surface area contributed by atoms with Crippen LogP contribution < -0.4 is 4.90 Å². The minimum atomic E-state index is 0.369. The van der Waals surface area contributed by atoms with E-state index < -0.39 is 0 Å². The highest BCUT2D eigenvalue weighted by Gasteiger charge is 1.90. The summed E-state index contributed by atoms with van der Waals surface area (Å²) in [5, 5.41) is 0. The molecule has 0 heterocycles. The topological polar surface area (TPSA) is 3.24 Å². The van der Waals surface area contributed by atoms with Gasteiger partial charge in [0.15, 0.2) is 0 Å². The standard InChI is InChI=1S/C9H13N/c1-8-4-6-9(7-5-8)10(2)3/h4-7H,1-3H3/i1D. The van der Waals surface area contributed by atoms with E-state index in [4.69, 9.17) is 1.37 Å². The molecule has 0 saturated heterocycles. The number of benzene rings is 1. The van der Waals surface area contributed by atoms with Crippen LogP contribution >= 0.6 is 0 Å². The van der Waals surface area contributed by atoms with Gasteiger partial charge >= 0.3 is 0 Å². The van der Waals surface area contributed by atoms with Gasteiger partial charge in [0.2, 0.25) is 0 Å². The van der Waals surface area contributed by atoms with Crippen LogP contribution in [0.25, 0.3) is 0 Å². The van der Waals surface area contributed by atoms with E-state index in [1.807, 2.05) is 43.3 Å². The van der Waals surface area contributed by atoms with Crippen molar-refractivity contribution < 1.29 is 1.37 Å². The van der Waals surface area contributed by atoms with Crippen LogP contribution in [0.3, 0.4) is 0 Å². The van der Waals surface area contributed by atoms with E-state index in [1.54, 1.807) is 0 Å². The van der Waals surface area contributed by atoms with Gasteiger partial charge in [-0.2, -0.15) is 0 Å². The van der Waals surface area contributed by atoms with E-state index in [1.165, 1.54) is 5.69 Å². The molecule has 0 aromatic heterocycles. The van der Waals surface area contributed by atoms with Crippen LogP contribution in [0.1, 0.15) is 6.93 Å². The molecule has 0 saturated carbocycles. The summed E-state index contributed by atoms with van der Waals surface area (Å²) in [6, 6.07) is 8.04. The lowest BCUT2D eigenvalue weighted by molar-refractivity contribution is 1.13. The molecular weight excluding hydrogens is 122 g/mol. The molecule has 0 aliphatic rings. The first-order chi connectivity index (χ1) is 5.24. The maximum atomic E-state index is 7.11. The average molecular weight is 136 g/mol. The third-order valence-electron chi connectivity index (χ3n) is 1.45. The molecule has 1 aromatic carbocycles. The third-order valence-corrected chi connectivity index (χ3v) is 1.45. The zero-order valence-corrected chi connectivity index (χ0v) is 6.46. The molecule has 54 valence electrons. The largest absolute Gasteiger partial charge is 0.378 e. The van der Waals surface area contributed by atoms with Crippen molar-refractivity contribution >= 4 is 5.69 Å². The second kappa shape index (κ2) is 2.74. The van der Waals surface area contributed by atoms with Crippen molar-refractivity contribution in [2.24, 2.45) is 0 Å². The monoisotopic (exact) mass is 136 g/mol. The van der Waals surface area contributed by atoms with Crippen LogP contribution in [0.2, 0.25) is 0 Å². The first-order valence-corrected chi connectivity index (χ1v) is 3.29. The van der Waals surface area contributed by atoms with Crippen molar-refractivity contribution in [3.8, 4) is 0 Å². The van der Waals surface area contributed by atoms with Crippen LogP contribution in [0, 0.1) is 6.90 Å². The molecule has 0 aliphatic carbocycles. The smallest absolute Gasteiger partial charge is 0.0361 e. The summed E-state index contributed by atoms with van der Waals surface area (Å²) in [6.07, 6.45) is 0. The van der Waals surface area contributed by atoms with E-state index in [0.29, 0.717) is 6.90 Å². The van der Waals surface area contributed by atoms with E-state index in [-0.39, 0.29) is 0 Å². The van der Waals surface area contributed by atoms with Gasteiger partial charge < -0.3 is 4.90 Å². The number of nitrogens with zero attached hydrogens (tertiary/aromatic N) is 1. The molecule has 1 nitrogen and oxygen atoms in total. The summed E-state index contributed by atoms with van der Waals surface area (Å²) in [7, 11) is 4.02. The summed E-state index contributed by atoms with van der Waals surface area (Å²) in [6.45, 7) is 0.369. The van der Waals surface area contributed by atoms with Gasteiger partial charge in [0.25, 0.3) is 0 Å². The van der Waals surface area contributed by atoms with Crippen LogP contribution in [-0.4, -0.2) is 14.1 Å². The van der Waals surface area contributed by atoms with Gasteiger partial charge in [0, 0.05) is 21.2 Å². The zero-order valence-electron chi connectivity index (χ0n) is 7.46. The van der Waals surface area contributed by atoms with Crippen LogP contribution in [0.4, 0.5) is 5.69 Å². The van der Waals surface area contributed by atoms with Gasteiger partial charge in [-0.15, -0.1) is 0 Å². The van der Waals surface area contributed by atoms with Crippen molar-refractivity contribution in [2.75, 3.05) is 19.0 Å². The van der Waals surface area contributed by atoms with Gasteiger partial charge in [-0.1, -0.05) is 17.7 Å². The molecule has 0 spiro atoms. The van der Waals surface area contributed by atoms with Crippen molar-refractivity contribution in [3.63, 3.8) is 0 Å². The van der Waals surface area contributed by atoms with Gasteiger partial charge in [-0.3, -0.25) is 0 Å². The second-order valence-electron chi connectivity index (χ2n) is 2.56. The van der Waals surface area contributed by atoms with E-state index in [2.05, 4.69) is 0 Å². The second-order valence-corrected chi connectivity index (χ2v) is 2.56. The normalized spacial score (nSPS) is 10.8. The fourth-order valence-corrected chi connectivity index (χ4v) is 0.794. The summed E-state index contributed by atoms with van der Waals surface area (Å²) in [5.74, 6) is 0. The average Bonchev–Trinajstić information content (AvgIpc) is 2.05. The molecule has 1 heteroatoms. The summed E-state index contributed by atoms with van der Waals surface area (Å²) in [5.41, 5.74) is 2.25. The number of hydrogen-bond donors (Lipinski definition) is 0. The molecule has 0 amide bonds. The number of anilines is 1. The van der Waals surface area contributed by atoms with E-state index >= 15 is 0 Å². The minimum Gasteiger partial charge on any atom is -0.378 e. The fourth-order valence-electron chi connectivity index (χ4n) is 0.794. The van der Waals surface area contributed by atoms with E-state index in [9.17, 15) is 0 Å². The lowest BCUT2D eigenvalue weighted by atomic mass is 10.2. The molecule has 1 aromatic rings. The molecule has 0 aliphatic heterocycles. The predicted octanol–water partition coefficient (Wildman–Crippen LogP) is 2.06. The minimum absolute atomic E-state index is 0.369. The Hall–Kier alpha value is -0.980. The highest BCUT2D eigenvalue weighted by Crippen LogP contribution is 2.10. The lowest BCUT2D eigenvalue weighted by Crippen LogP contribution is -2.07. The Morgan fingerprint density at radius 2 is 1.80 bits per heavy atom. The Labute approximate surface area is 63.7 Å². The third kappa shape index (κ3) is 1.50. The number of rotatable bonds is 1. The first kappa shape index (κ1) is 5.78. The predicted molar refractivity (Wildman–Crippen MR) is 45.5 cm³/mol. The zero-order chi connectivity index (χ0) is 8.27. The molecule has 0 fully saturated rings. The van der Waals surface area contributed by atoms with Gasteiger partial charge in [0.1, 0.15) is 0 Å². The molecule has 0 unspecified atom stereocenters. The maximum absolute atomic E-state index is 7.11. The van der Waals surface area contributed by atoms with Crippen molar-refractivity contribution in [2.45, 2.75) is 6.90 Å². The summed E-state index contributed by atoms with van der Waals surface area (Å²) < 4.78 is 7.11. The highest BCUT2D eigenvalue weighted by molar-refractivity contribution is 5.45. The summed E-state index contributed by atoms with van der Waals surface area (Å²) in [4.78, 5) is 2.05. The molecule has 0 radical (unpaired) electrons. The van der Waals surface area contributed by atoms with Gasteiger partial charge in [-0.25, -0.2) is 0 Å². The maximum Gasteiger partial charge on any atom is 0.0361 e. The number of hydrogen-bond acceptors (Lipinski definition) is 1. The van der Waals surface area contributed by atoms with Crippen molar-refractivity contribution in [3.05, 3.63) is 29.8 Å². The molecule has 0 N–H and O–H groups in total. The Morgan fingerprint density at radius 3 is 2.20 bits per heavy atom. The fraction of sp³-hybridized carbons (Fsp3) is 0.333. The van der Waals surface area contributed by atoms with Crippen LogP contribution in [0.5, 0.6) is 0 Å². The highest BCUT2D eigenvalue weighted by atomic mass is 15.1. The Bertz CT molecular complexity index is 216. The molecule has 0 bridgehead atoms. The van der Waals surface area contributed by atoms with Gasteiger partial charge in [0.05, 0.1) is 0 Å². The Kier molecular flexibility index (Phi) is 1.58. The van der Waals surface area contributed by atoms with E-state index in [0.717, 1.165) is 5.56 Å². The van der Waals surface area contributed by atoms with Crippen molar-refractivity contribution in [1.29, 1.82) is 0 Å². The lowest BCUT2D eigenvalue weighted by Gasteiger charge is -2.11. The quantitative estimate of drug-likeness (QED) is 0.571. The SMILES string of the molecule is [2H]Cc1ccc(N(C)C)cc1. The van der Waals surface area contributed by atoms with Crippen LogP contribution in [-0.2, 0) is 0 Å². The first-order valence-electron chi connectivity index (χ1n) is 4.00. The molecule has 1 rings (SSSR count). The van der Waals surface area contributed by atoms with Crippen molar-refractivity contribution in [1.82, 2.24) is 0 Å². The van der Waals surface area contributed by atoms with Crippen LogP contribution in [0.15, 0.2) is 24.3 Å².